The molecule has 0 aliphatic carbocycles. The van der Waals surface area contributed by atoms with E-state index in [4.69, 9.17) is 16.6 Å². The monoisotopic (exact) mass is 373 g/mol. The van der Waals surface area contributed by atoms with E-state index in [1.165, 1.54) is 6.92 Å². The summed E-state index contributed by atoms with van der Waals surface area (Å²) in [6.45, 7) is 0.421. The first-order valence-corrected chi connectivity index (χ1v) is 7.81. The van der Waals surface area contributed by atoms with Crippen molar-refractivity contribution in [3.63, 3.8) is 0 Å². The highest BCUT2D eigenvalue weighted by atomic mass is 16.3. The predicted molar refractivity (Wildman–Crippen MR) is 85.8 cm³/mol. The van der Waals surface area contributed by atoms with Gasteiger partial charge in [-0.3, -0.25) is 24.0 Å². The number of likely N-dealkylation sites (tertiary alicyclic amines) is 1. The molecular weight excluding hydrogens is 350 g/mol. The van der Waals surface area contributed by atoms with E-state index in [1.807, 2.05) is 0 Å². The molecule has 1 saturated heterocycles. The molecule has 12 heteroatoms. The second kappa shape index (κ2) is 9.10. The highest BCUT2D eigenvalue weighted by Gasteiger charge is 2.39. The number of nitrogens with one attached hydrogen (secondary N) is 2. The van der Waals surface area contributed by atoms with E-state index >= 15 is 0 Å². The van der Waals surface area contributed by atoms with E-state index in [0.29, 0.717) is 0 Å². The van der Waals surface area contributed by atoms with Crippen molar-refractivity contribution in [3.05, 3.63) is 0 Å². The van der Waals surface area contributed by atoms with Crippen LogP contribution in [0.5, 0.6) is 0 Å². The third kappa shape index (κ3) is 5.67. The Hall–Kier alpha value is -2.73. The lowest BCUT2D eigenvalue weighted by molar-refractivity contribution is -0.139. The zero-order valence-electron chi connectivity index (χ0n) is 14.2. The Bertz CT molecular complexity index is 596. The van der Waals surface area contributed by atoms with Crippen LogP contribution in [-0.4, -0.2) is 82.0 Å². The van der Waals surface area contributed by atoms with Crippen LogP contribution in [0.2, 0.25) is 0 Å². The quantitative estimate of drug-likeness (QED) is 0.245. The molecule has 1 heterocycles. The van der Waals surface area contributed by atoms with Crippen LogP contribution >= 0.6 is 0 Å². The van der Waals surface area contributed by atoms with Crippen LogP contribution in [0.25, 0.3) is 0 Å². The van der Waals surface area contributed by atoms with Crippen molar-refractivity contribution in [2.75, 3.05) is 13.2 Å². The van der Waals surface area contributed by atoms with Crippen LogP contribution in [0.15, 0.2) is 0 Å². The van der Waals surface area contributed by atoms with Crippen molar-refractivity contribution in [2.24, 2.45) is 11.5 Å². The number of nitrogens with zero attached hydrogens (tertiary/aromatic N) is 1. The van der Waals surface area contributed by atoms with Crippen LogP contribution in [0.3, 0.4) is 0 Å². The molecule has 0 aromatic rings. The summed E-state index contributed by atoms with van der Waals surface area (Å²) in [5.74, 6) is -4.07. The number of aliphatic hydroxyl groups excluding tert-OH is 2. The summed E-state index contributed by atoms with van der Waals surface area (Å²) < 4.78 is 0. The van der Waals surface area contributed by atoms with Gasteiger partial charge in [-0.25, -0.2) is 0 Å². The lowest BCUT2D eigenvalue weighted by Gasteiger charge is -2.25. The standard InChI is InChI=1S/C14H23N5O7/c1-6(21)19-4-7(22)2-10(19)14(26)17-8(3-11(15)23)13(25)18-9(5-20)12(16)24/h7-10,20,22H,2-5H2,1H3,(H2,15,23)(H2,16,24)(H,17,26)(H,18,25). The average molecular weight is 373 g/mol. The lowest BCUT2D eigenvalue weighted by Crippen LogP contribution is -2.57. The average Bonchev–Trinajstić information content (AvgIpc) is 2.93. The minimum absolute atomic E-state index is 0.0309. The van der Waals surface area contributed by atoms with Gasteiger partial charge < -0.3 is 37.2 Å². The van der Waals surface area contributed by atoms with Crippen molar-refractivity contribution < 1.29 is 34.2 Å². The second-order valence-electron chi connectivity index (χ2n) is 5.95. The highest BCUT2D eigenvalue weighted by molar-refractivity contribution is 5.96. The number of nitrogens with two attached hydrogens (primary N) is 2. The normalized spacial score (nSPS) is 21.6. The molecule has 4 unspecified atom stereocenters. The maximum atomic E-state index is 12.4. The minimum Gasteiger partial charge on any atom is -0.394 e. The molecule has 146 valence electrons. The number of aliphatic hydroxyl groups is 2. The summed E-state index contributed by atoms with van der Waals surface area (Å²) >= 11 is 0. The van der Waals surface area contributed by atoms with Gasteiger partial charge in [-0.05, 0) is 0 Å². The van der Waals surface area contributed by atoms with Gasteiger partial charge >= 0.3 is 0 Å². The van der Waals surface area contributed by atoms with E-state index in [-0.39, 0.29) is 13.0 Å². The minimum atomic E-state index is -1.44. The molecule has 26 heavy (non-hydrogen) atoms. The first-order valence-electron chi connectivity index (χ1n) is 7.81. The SMILES string of the molecule is CC(=O)N1CC(O)CC1C(=O)NC(CC(N)=O)C(=O)NC(CO)C(N)=O. The van der Waals surface area contributed by atoms with Crippen molar-refractivity contribution >= 4 is 29.5 Å². The van der Waals surface area contributed by atoms with Crippen LogP contribution < -0.4 is 22.1 Å². The summed E-state index contributed by atoms with van der Waals surface area (Å²) in [6, 6.07) is -3.87. The fraction of sp³-hybridized carbons (Fsp3) is 0.643. The molecule has 0 bridgehead atoms. The number of carbonyl (C=O) groups is 5. The Morgan fingerprint density at radius 3 is 2.23 bits per heavy atom. The Labute approximate surface area is 148 Å². The van der Waals surface area contributed by atoms with E-state index in [1.54, 1.807) is 0 Å². The molecule has 12 nitrogen and oxygen atoms in total. The van der Waals surface area contributed by atoms with Gasteiger partial charge in [-0.1, -0.05) is 0 Å². The number of rotatable bonds is 8. The molecular formula is C14H23N5O7. The van der Waals surface area contributed by atoms with Gasteiger partial charge in [0, 0.05) is 19.9 Å². The highest BCUT2D eigenvalue weighted by Crippen LogP contribution is 2.18. The molecule has 1 aliphatic heterocycles. The van der Waals surface area contributed by atoms with E-state index in [0.717, 1.165) is 4.90 Å². The molecule has 0 radical (unpaired) electrons. The Morgan fingerprint density at radius 1 is 1.15 bits per heavy atom. The zero-order valence-corrected chi connectivity index (χ0v) is 14.2. The fourth-order valence-corrected chi connectivity index (χ4v) is 2.57. The molecule has 8 N–H and O–H groups in total. The van der Waals surface area contributed by atoms with Gasteiger partial charge in [-0.15, -0.1) is 0 Å². The number of primary amides is 2. The summed E-state index contributed by atoms with van der Waals surface area (Å²) in [4.78, 5) is 59.6. The first-order chi connectivity index (χ1) is 12.1. The molecule has 5 amide bonds. The third-order valence-corrected chi connectivity index (χ3v) is 3.87. The van der Waals surface area contributed by atoms with Crippen molar-refractivity contribution in [1.29, 1.82) is 0 Å². The van der Waals surface area contributed by atoms with Crippen LogP contribution in [0, 0.1) is 0 Å². The topological polar surface area (TPSA) is 205 Å². The van der Waals surface area contributed by atoms with Gasteiger partial charge in [0.05, 0.1) is 19.1 Å². The van der Waals surface area contributed by atoms with Crippen LogP contribution in [-0.2, 0) is 24.0 Å². The van der Waals surface area contributed by atoms with Gasteiger partial charge in [-0.2, -0.15) is 0 Å². The van der Waals surface area contributed by atoms with Crippen LogP contribution in [0.4, 0.5) is 0 Å². The Kier molecular flexibility index (Phi) is 7.46. The van der Waals surface area contributed by atoms with Crippen molar-refractivity contribution in [3.8, 4) is 0 Å². The summed E-state index contributed by atoms with van der Waals surface area (Å²) in [5.41, 5.74) is 10.1. The molecule has 1 fully saturated rings. The molecule has 1 aliphatic rings. The molecule has 0 aromatic heterocycles. The van der Waals surface area contributed by atoms with E-state index in [9.17, 15) is 29.1 Å². The van der Waals surface area contributed by atoms with Gasteiger partial charge in [0.15, 0.2) is 0 Å². The van der Waals surface area contributed by atoms with Gasteiger partial charge in [0.2, 0.25) is 29.5 Å². The lowest BCUT2D eigenvalue weighted by atomic mass is 10.1. The molecule has 1 rings (SSSR count). The third-order valence-electron chi connectivity index (χ3n) is 3.87. The maximum Gasteiger partial charge on any atom is 0.243 e. The fourth-order valence-electron chi connectivity index (χ4n) is 2.57. The number of β-amino-alcohol motifs (C(OH)–C–C–N with tert-alkyl or cyclic N) is 1. The van der Waals surface area contributed by atoms with Crippen molar-refractivity contribution in [2.45, 2.75) is 44.0 Å². The molecule has 4 atom stereocenters. The summed E-state index contributed by atoms with van der Waals surface area (Å²) in [7, 11) is 0. The number of carbonyl (C=O) groups excluding carboxylic acids is 5. The number of amides is 5. The van der Waals surface area contributed by atoms with E-state index in [2.05, 4.69) is 10.6 Å². The number of hydrogen-bond acceptors (Lipinski definition) is 7. The maximum absolute atomic E-state index is 12.4. The zero-order chi connectivity index (χ0) is 20.0. The summed E-state index contributed by atoms with van der Waals surface area (Å²) in [6.07, 6.45) is -1.51. The van der Waals surface area contributed by atoms with E-state index < -0.39 is 66.8 Å². The molecule has 0 spiro atoms. The van der Waals surface area contributed by atoms with Crippen molar-refractivity contribution in [1.82, 2.24) is 15.5 Å². The molecule has 0 aromatic carbocycles. The van der Waals surface area contributed by atoms with Crippen LogP contribution in [0.1, 0.15) is 19.8 Å². The largest absolute Gasteiger partial charge is 0.394 e. The second-order valence-corrected chi connectivity index (χ2v) is 5.95. The first kappa shape index (κ1) is 21.3. The predicted octanol–water partition coefficient (Wildman–Crippen LogP) is -4.71. The number of hydrogen-bond donors (Lipinski definition) is 6. The smallest absolute Gasteiger partial charge is 0.243 e. The Balaban J connectivity index is 2.87. The van der Waals surface area contributed by atoms with Gasteiger partial charge in [0.1, 0.15) is 18.1 Å². The van der Waals surface area contributed by atoms with Gasteiger partial charge in [0.25, 0.3) is 0 Å². The summed E-state index contributed by atoms with van der Waals surface area (Å²) in [5, 5.41) is 23.1. The Morgan fingerprint density at radius 2 is 1.77 bits per heavy atom. The molecule has 0 saturated carbocycles.